The molecule has 1 aromatic carbocycles. The van der Waals surface area contributed by atoms with E-state index in [9.17, 15) is 0 Å². The number of hydrogen-bond donors (Lipinski definition) is 1. The van der Waals surface area contributed by atoms with Crippen molar-refractivity contribution >= 4 is 15.9 Å². The highest BCUT2D eigenvalue weighted by Crippen LogP contribution is 2.34. The molecule has 2 nitrogen and oxygen atoms in total. The van der Waals surface area contributed by atoms with Gasteiger partial charge in [-0.3, -0.25) is 0 Å². The van der Waals surface area contributed by atoms with Crippen LogP contribution in [0.25, 0.3) is 0 Å². The van der Waals surface area contributed by atoms with Crippen LogP contribution in [0.4, 0.5) is 0 Å². The molecule has 2 atom stereocenters. The molecule has 0 aliphatic heterocycles. The van der Waals surface area contributed by atoms with E-state index in [-0.39, 0.29) is 0 Å². The van der Waals surface area contributed by atoms with Crippen LogP contribution in [0.2, 0.25) is 0 Å². The van der Waals surface area contributed by atoms with Gasteiger partial charge in [0, 0.05) is 16.6 Å². The molecule has 106 valence electrons. The molecule has 0 amide bonds. The topological polar surface area (TPSA) is 15.3 Å². The lowest BCUT2D eigenvalue weighted by Gasteiger charge is -2.27. The summed E-state index contributed by atoms with van der Waals surface area (Å²) in [6, 6.07) is 9.83. The number of benzene rings is 1. The number of nitrogens with zero attached hydrogens (tertiary/aromatic N) is 1. The molecule has 0 heterocycles. The second-order valence-corrected chi connectivity index (χ2v) is 6.66. The molecule has 1 aromatic rings. The minimum atomic E-state index is 0.446. The van der Waals surface area contributed by atoms with Crippen molar-refractivity contribution in [2.75, 3.05) is 20.6 Å². The summed E-state index contributed by atoms with van der Waals surface area (Å²) >= 11 is 3.49. The Labute approximate surface area is 125 Å². The fourth-order valence-electron chi connectivity index (χ4n) is 2.65. The Morgan fingerprint density at radius 3 is 2.47 bits per heavy atom. The molecule has 1 aliphatic carbocycles. The van der Waals surface area contributed by atoms with Gasteiger partial charge in [0.15, 0.2) is 0 Å². The van der Waals surface area contributed by atoms with Crippen LogP contribution in [0.1, 0.15) is 37.8 Å². The molecule has 1 N–H and O–H groups in total. The third-order valence-electron chi connectivity index (χ3n) is 4.39. The zero-order valence-electron chi connectivity index (χ0n) is 12.2. The van der Waals surface area contributed by atoms with E-state index in [1.807, 2.05) is 0 Å². The van der Waals surface area contributed by atoms with Crippen molar-refractivity contribution in [3.63, 3.8) is 0 Å². The first-order valence-corrected chi connectivity index (χ1v) is 8.04. The highest BCUT2D eigenvalue weighted by Gasteiger charge is 2.30. The molecule has 1 fully saturated rings. The van der Waals surface area contributed by atoms with E-state index in [1.165, 1.54) is 18.4 Å². The highest BCUT2D eigenvalue weighted by atomic mass is 79.9. The van der Waals surface area contributed by atoms with Gasteiger partial charge in [0.25, 0.3) is 0 Å². The third-order valence-corrected chi connectivity index (χ3v) is 4.92. The van der Waals surface area contributed by atoms with Gasteiger partial charge in [-0.15, -0.1) is 0 Å². The summed E-state index contributed by atoms with van der Waals surface area (Å²) in [5.41, 5.74) is 1.37. The Kier molecular flexibility index (Phi) is 5.43. The van der Waals surface area contributed by atoms with Gasteiger partial charge in [-0.1, -0.05) is 28.1 Å². The number of hydrogen-bond acceptors (Lipinski definition) is 2. The van der Waals surface area contributed by atoms with Crippen molar-refractivity contribution in [1.29, 1.82) is 0 Å². The Hall–Kier alpha value is -0.380. The van der Waals surface area contributed by atoms with Gasteiger partial charge in [-0.2, -0.15) is 0 Å². The lowest BCUT2D eigenvalue weighted by molar-refractivity contribution is 0.223. The Balaban J connectivity index is 1.86. The lowest BCUT2D eigenvalue weighted by Crippen LogP contribution is -2.33. The second kappa shape index (κ2) is 6.87. The van der Waals surface area contributed by atoms with Crippen molar-refractivity contribution in [3.8, 4) is 0 Å². The van der Waals surface area contributed by atoms with Gasteiger partial charge < -0.3 is 10.2 Å². The van der Waals surface area contributed by atoms with Crippen LogP contribution in [0.15, 0.2) is 28.7 Å². The maximum absolute atomic E-state index is 3.49. The maximum Gasteiger partial charge on any atom is 0.0329 e. The Morgan fingerprint density at radius 2 is 1.95 bits per heavy atom. The molecule has 0 spiro atoms. The van der Waals surface area contributed by atoms with E-state index < -0.39 is 0 Å². The predicted molar refractivity (Wildman–Crippen MR) is 85.4 cm³/mol. The van der Waals surface area contributed by atoms with Crippen LogP contribution >= 0.6 is 15.9 Å². The number of rotatable bonds is 7. The normalized spacial score (nSPS) is 18.6. The molecule has 0 saturated heterocycles. The molecule has 3 heteroatoms. The first-order chi connectivity index (χ1) is 9.11. The predicted octanol–water partition coefficient (Wildman–Crippen LogP) is 3.83. The van der Waals surface area contributed by atoms with E-state index in [2.05, 4.69) is 71.4 Å². The summed E-state index contributed by atoms with van der Waals surface area (Å²) in [4.78, 5) is 2.51. The van der Waals surface area contributed by atoms with Gasteiger partial charge in [-0.25, -0.2) is 0 Å². The van der Waals surface area contributed by atoms with Crippen molar-refractivity contribution in [1.82, 2.24) is 10.2 Å². The smallest absolute Gasteiger partial charge is 0.0329 e. The summed E-state index contributed by atoms with van der Waals surface area (Å²) in [5, 5.41) is 3.43. The number of nitrogens with one attached hydrogen (secondary N) is 1. The minimum Gasteiger partial charge on any atom is -0.313 e. The maximum atomic E-state index is 3.49. The quantitative estimate of drug-likeness (QED) is 0.820. The molecular formula is C16H25BrN2. The highest BCUT2D eigenvalue weighted by molar-refractivity contribution is 9.10. The van der Waals surface area contributed by atoms with Crippen LogP contribution < -0.4 is 5.32 Å². The Bertz CT molecular complexity index is 386. The molecule has 1 aliphatic rings. The van der Waals surface area contributed by atoms with Crippen molar-refractivity contribution < 1.29 is 0 Å². The van der Waals surface area contributed by atoms with E-state index in [4.69, 9.17) is 0 Å². The fraction of sp³-hybridized carbons (Fsp3) is 0.625. The van der Waals surface area contributed by atoms with Crippen LogP contribution in [0.3, 0.4) is 0 Å². The van der Waals surface area contributed by atoms with Crippen LogP contribution in [-0.2, 0) is 0 Å². The van der Waals surface area contributed by atoms with Gasteiger partial charge in [0.2, 0.25) is 0 Å². The average Bonchev–Trinajstić information content (AvgIpc) is 3.24. The number of halogens is 1. The fourth-order valence-corrected chi connectivity index (χ4v) is 2.91. The van der Waals surface area contributed by atoms with E-state index in [0.29, 0.717) is 6.04 Å². The summed E-state index contributed by atoms with van der Waals surface area (Å²) in [5.74, 6) is 0.950. The van der Waals surface area contributed by atoms with Crippen LogP contribution in [-0.4, -0.2) is 31.6 Å². The first kappa shape index (κ1) is 15.0. The third kappa shape index (κ3) is 4.30. The van der Waals surface area contributed by atoms with Crippen LogP contribution in [0, 0.1) is 5.92 Å². The minimum absolute atomic E-state index is 0.446. The zero-order valence-corrected chi connectivity index (χ0v) is 13.8. The second-order valence-electron chi connectivity index (χ2n) is 5.74. The summed E-state index contributed by atoms with van der Waals surface area (Å²) in [6.45, 7) is 3.52. The summed E-state index contributed by atoms with van der Waals surface area (Å²) < 4.78 is 1.14. The molecule has 2 rings (SSSR count). The van der Waals surface area contributed by atoms with E-state index >= 15 is 0 Å². The summed E-state index contributed by atoms with van der Waals surface area (Å²) in [7, 11) is 4.31. The molecule has 1 saturated carbocycles. The first-order valence-electron chi connectivity index (χ1n) is 7.24. The van der Waals surface area contributed by atoms with Crippen molar-refractivity contribution in [2.45, 2.75) is 38.3 Å². The SMILES string of the molecule is CNC(CCN(C)C(C)C1CC1)c1ccc(Br)cc1. The van der Waals surface area contributed by atoms with Gasteiger partial charge in [-0.05, 0) is 70.4 Å². The molecule has 0 aromatic heterocycles. The molecule has 19 heavy (non-hydrogen) atoms. The summed E-state index contributed by atoms with van der Waals surface area (Å²) in [6.07, 6.45) is 4.01. The largest absolute Gasteiger partial charge is 0.313 e. The van der Waals surface area contributed by atoms with Gasteiger partial charge in [0.1, 0.15) is 0 Å². The van der Waals surface area contributed by atoms with Crippen LogP contribution in [0.5, 0.6) is 0 Å². The molecule has 2 unspecified atom stereocenters. The Morgan fingerprint density at radius 1 is 1.32 bits per heavy atom. The van der Waals surface area contributed by atoms with Crippen molar-refractivity contribution in [2.24, 2.45) is 5.92 Å². The van der Waals surface area contributed by atoms with Gasteiger partial charge >= 0.3 is 0 Å². The zero-order chi connectivity index (χ0) is 13.8. The average molecular weight is 325 g/mol. The molecule has 0 radical (unpaired) electrons. The van der Waals surface area contributed by atoms with Crippen molar-refractivity contribution in [3.05, 3.63) is 34.3 Å². The lowest BCUT2D eigenvalue weighted by atomic mass is 10.0. The van der Waals surface area contributed by atoms with Gasteiger partial charge in [0.05, 0.1) is 0 Å². The molecule has 0 bridgehead atoms. The monoisotopic (exact) mass is 324 g/mol. The van der Waals surface area contributed by atoms with E-state index in [0.717, 1.165) is 29.4 Å². The molecular weight excluding hydrogens is 300 g/mol. The standard InChI is InChI=1S/C16H25BrN2/c1-12(13-4-5-13)19(3)11-10-16(18-2)14-6-8-15(17)9-7-14/h6-9,12-13,16,18H,4-5,10-11H2,1-3H3. The van der Waals surface area contributed by atoms with E-state index in [1.54, 1.807) is 0 Å².